The van der Waals surface area contributed by atoms with Gasteiger partial charge in [-0.3, -0.25) is 9.59 Å². The Kier molecular flexibility index (Phi) is 5.32. The van der Waals surface area contributed by atoms with Crippen LogP contribution >= 0.6 is 0 Å². The molecule has 1 rings (SSSR count). The molecule has 0 aliphatic carbocycles. The molecule has 2 amide bonds. The van der Waals surface area contributed by atoms with Crippen molar-refractivity contribution in [2.24, 2.45) is 0 Å². The fraction of sp³-hybridized carbons (Fsp3) is 0.818. The number of amides is 2. The summed E-state index contributed by atoms with van der Waals surface area (Å²) >= 11 is 0. The lowest BCUT2D eigenvalue weighted by atomic mass is 10.2. The Morgan fingerprint density at radius 3 is 1.95 bits per heavy atom. The molecule has 0 aromatic carbocycles. The number of carbonyl (C=O) groups is 2. The smallest absolute Gasteiger partial charge is 0.338 e. The lowest BCUT2D eigenvalue weighted by Crippen LogP contribution is -2.56. The van der Waals surface area contributed by atoms with E-state index in [2.05, 4.69) is 0 Å². The van der Waals surface area contributed by atoms with Gasteiger partial charge >= 0.3 is 12.3 Å². The molecule has 0 N–H and O–H groups in total. The van der Waals surface area contributed by atoms with Crippen LogP contribution in [-0.4, -0.2) is 85.7 Å². The Morgan fingerprint density at radius 2 is 1.55 bits per heavy atom. The topological polar surface area (TPSA) is 43.9 Å². The number of rotatable bonds is 4. The van der Waals surface area contributed by atoms with Crippen molar-refractivity contribution in [2.75, 3.05) is 46.8 Å². The molecule has 1 fully saturated rings. The van der Waals surface area contributed by atoms with Gasteiger partial charge in [0, 0.05) is 26.2 Å². The Balaban J connectivity index is 2.54. The van der Waals surface area contributed by atoms with Gasteiger partial charge in [0.1, 0.15) is 0 Å². The van der Waals surface area contributed by atoms with Crippen molar-refractivity contribution in [3.63, 3.8) is 0 Å². The summed E-state index contributed by atoms with van der Waals surface area (Å²) in [6, 6.07) is 0. The number of hydrogen-bond donors (Lipinski definition) is 0. The lowest BCUT2D eigenvalue weighted by molar-refractivity contribution is -0.182. The maximum Gasteiger partial charge on any atom is 0.383 e. The molecule has 0 unspecified atom stereocenters. The van der Waals surface area contributed by atoms with Crippen LogP contribution < -0.4 is 0 Å². The largest absolute Gasteiger partial charge is 0.383 e. The molecule has 0 aromatic rings. The molecule has 116 valence electrons. The highest BCUT2D eigenvalue weighted by molar-refractivity contribution is 5.84. The highest BCUT2D eigenvalue weighted by Crippen LogP contribution is 2.25. The fourth-order valence-electron chi connectivity index (χ4n) is 1.83. The Hall–Kier alpha value is -1.38. The Labute approximate surface area is 114 Å². The monoisotopic (exact) mass is 299 g/mol. The summed E-state index contributed by atoms with van der Waals surface area (Å²) in [5.41, 5.74) is 0. The molecule has 1 aliphatic heterocycles. The number of carbonyl (C=O) groups excluding carboxylic acids is 2. The van der Waals surface area contributed by atoms with Gasteiger partial charge in [0.15, 0.2) is 0 Å². The average Bonchev–Trinajstić information content (AvgIpc) is 2.37. The zero-order chi connectivity index (χ0) is 15.5. The maximum absolute atomic E-state index is 12.9. The van der Waals surface area contributed by atoms with Gasteiger partial charge in [0.2, 0.25) is 5.91 Å². The molecule has 5 nitrogen and oxygen atoms in total. The standard InChI is InChI=1S/C11H17F4N3O2/c1-16(2)7-8(19)17-3-5-18(6-4-17)10(20)11(14,15)9(12)13/h9H,3-7H2,1-2H3. The van der Waals surface area contributed by atoms with Gasteiger partial charge in [-0.1, -0.05) is 0 Å². The molecule has 20 heavy (non-hydrogen) atoms. The van der Waals surface area contributed by atoms with Gasteiger partial charge in [-0.05, 0) is 14.1 Å². The Bertz CT molecular complexity index is 369. The average molecular weight is 299 g/mol. The highest BCUT2D eigenvalue weighted by atomic mass is 19.3. The summed E-state index contributed by atoms with van der Waals surface area (Å²) in [4.78, 5) is 26.8. The molecular weight excluding hydrogens is 282 g/mol. The SMILES string of the molecule is CN(C)CC(=O)N1CCN(C(=O)C(F)(F)C(F)F)CC1. The summed E-state index contributed by atoms with van der Waals surface area (Å²) < 4.78 is 50.0. The van der Waals surface area contributed by atoms with Gasteiger partial charge in [-0.25, -0.2) is 8.78 Å². The summed E-state index contributed by atoms with van der Waals surface area (Å²) in [6.45, 7) is -0.0305. The van der Waals surface area contributed by atoms with Crippen LogP contribution in [-0.2, 0) is 9.59 Å². The summed E-state index contributed by atoms with van der Waals surface area (Å²) in [7, 11) is 3.42. The molecular formula is C11H17F4N3O2. The molecule has 0 aromatic heterocycles. The molecule has 1 heterocycles. The number of alkyl halides is 4. The van der Waals surface area contributed by atoms with Crippen LogP contribution in [0.5, 0.6) is 0 Å². The van der Waals surface area contributed by atoms with E-state index in [9.17, 15) is 27.2 Å². The quantitative estimate of drug-likeness (QED) is 0.693. The van der Waals surface area contributed by atoms with Crippen molar-refractivity contribution in [3.8, 4) is 0 Å². The summed E-state index contributed by atoms with van der Waals surface area (Å²) in [5, 5.41) is 0. The van der Waals surface area contributed by atoms with Crippen molar-refractivity contribution in [3.05, 3.63) is 0 Å². The third-order valence-corrected chi connectivity index (χ3v) is 2.93. The number of hydrogen-bond acceptors (Lipinski definition) is 3. The summed E-state index contributed by atoms with van der Waals surface area (Å²) in [6.07, 6.45) is -4.02. The van der Waals surface area contributed by atoms with Crippen molar-refractivity contribution in [1.29, 1.82) is 0 Å². The third-order valence-electron chi connectivity index (χ3n) is 2.93. The second-order valence-corrected chi connectivity index (χ2v) is 4.83. The first kappa shape index (κ1) is 16.7. The van der Waals surface area contributed by atoms with Crippen LogP contribution in [0.15, 0.2) is 0 Å². The van der Waals surface area contributed by atoms with E-state index < -0.39 is 18.3 Å². The molecule has 0 spiro atoms. The van der Waals surface area contributed by atoms with Gasteiger partial charge in [0.05, 0.1) is 6.54 Å². The molecule has 1 aliphatic rings. The van der Waals surface area contributed by atoms with E-state index in [1.54, 1.807) is 19.0 Å². The first-order valence-corrected chi connectivity index (χ1v) is 6.04. The third kappa shape index (κ3) is 3.81. The van der Waals surface area contributed by atoms with Crippen LogP contribution in [0.25, 0.3) is 0 Å². The normalized spacial score (nSPS) is 17.0. The van der Waals surface area contributed by atoms with Crippen LogP contribution in [0.3, 0.4) is 0 Å². The second-order valence-electron chi connectivity index (χ2n) is 4.83. The maximum atomic E-state index is 12.9. The Morgan fingerprint density at radius 1 is 1.10 bits per heavy atom. The molecule has 9 heteroatoms. The van der Waals surface area contributed by atoms with Crippen LogP contribution in [0, 0.1) is 0 Å². The van der Waals surface area contributed by atoms with Gasteiger partial charge in [0.25, 0.3) is 5.91 Å². The zero-order valence-electron chi connectivity index (χ0n) is 11.3. The van der Waals surface area contributed by atoms with Crippen molar-refractivity contribution in [2.45, 2.75) is 12.3 Å². The predicted octanol–water partition coefficient (Wildman–Crippen LogP) is 0.119. The highest BCUT2D eigenvalue weighted by Gasteiger charge is 2.51. The van der Waals surface area contributed by atoms with E-state index in [-0.39, 0.29) is 38.6 Å². The zero-order valence-corrected chi connectivity index (χ0v) is 11.3. The number of halogens is 4. The lowest BCUT2D eigenvalue weighted by Gasteiger charge is -2.36. The minimum Gasteiger partial charge on any atom is -0.338 e. The van der Waals surface area contributed by atoms with Gasteiger partial charge in [-0.2, -0.15) is 8.78 Å². The van der Waals surface area contributed by atoms with E-state index in [0.717, 1.165) is 0 Å². The van der Waals surface area contributed by atoms with Crippen molar-refractivity contribution < 1.29 is 27.2 Å². The van der Waals surface area contributed by atoms with E-state index in [0.29, 0.717) is 4.90 Å². The number of piperazine rings is 1. The number of nitrogens with zero attached hydrogens (tertiary/aromatic N) is 3. The number of likely N-dealkylation sites (N-methyl/N-ethyl adjacent to an activating group) is 1. The predicted molar refractivity (Wildman–Crippen MR) is 62.7 cm³/mol. The minimum absolute atomic E-state index is 0.0672. The van der Waals surface area contributed by atoms with E-state index in [1.165, 1.54) is 4.90 Å². The first-order chi connectivity index (χ1) is 9.16. The summed E-state index contributed by atoms with van der Waals surface area (Å²) in [5.74, 6) is -6.74. The van der Waals surface area contributed by atoms with Crippen LogP contribution in [0.2, 0.25) is 0 Å². The van der Waals surface area contributed by atoms with E-state index >= 15 is 0 Å². The van der Waals surface area contributed by atoms with Crippen LogP contribution in [0.1, 0.15) is 0 Å². The molecule has 0 saturated carbocycles. The van der Waals surface area contributed by atoms with Crippen LogP contribution in [0.4, 0.5) is 17.6 Å². The minimum atomic E-state index is -4.67. The van der Waals surface area contributed by atoms with E-state index in [4.69, 9.17) is 0 Å². The van der Waals surface area contributed by atoms with Gasteiger partial charge < -0.3 is 14.7 Å². The van der Waals surface area contributed by atoms with Crippen molar-refractivity contribution in [1.82, 2.24) is 14.7 Å². The molecule has 0 atom stereocenters. The van der Waals surface area contributed by atoms with Crippen molar-refractivity contribution >= 4 is 11.8 Å². The van der Waals surface area contributed by atoms with E-state index in [1.807, 2.05) is 0 Å². The van der Waals surface area contributed by atoms with Gasteiger partial charge in [-0.15, -0.1) is 0 Å². The first-order valence-electron chi connectivity index (χ1n) is 6.04. The molecule has 0 bridgehead atoms. The fourth-order valence-corrected chi connectivity index (χ4v) is 1.83. The molecule has 1 saturated heterocycles. The molecule has 0 radical (unpaired) electrons. The second kappa shape index (κ2) is 6.38.